The fraction of sp³-hybridized carbons (Fsp3) is 0.250. The maximum absolute atomic E-state index is 12.9. The van der Waals surface area contributed by atoms with Crippen molar-refractivity contribution in [2.75, 3.05) is 5.73 Å². The van der Waals surface area contributed by atoms with Crippen LogP contribution in [0.5, 0.6) is 0 Å². The molecule has 1 heterocycles. The maximum Gasteiger partial charge on any atom is 0.266 e. The molecule has 0 fully saturated rings. The number of hydrogen-bond acceptors (Lipinski definition) is 3. The average molecular weight is 201 g/mol. The number of halogens is 3. The van der Waals surface area contributed by atoms with Crippen LogP contribution in [0.25, 0.3) is 0 Å². The lowest BCUT2D eigenvalue weighted by Crippen LogP contribution is -2.05. The minimum Gasteiger partial charge on any atom is -0.397 e. The molecule has 0 saturated carbocycles. The van der Waals surface area contributed by atoms with E-state index in [4.69, 9.17) is 11.0 Å². The number of hydrogen-bond donors (Lipinski definition) is 1. The van der Waals surface area contributed by atoms with Gasteiger partial charge in [-0.1, -0.05) is 0 Å². The van der Waals surface area contributed by atoms with Crippen LogP contribution in [-0.4, -0.2) is 4.98 Å². The molecule has 0 spiro atoms. The molecule has 0 unspecified atom stereocenters. The van der Waals surface area contributed by atoms with Crippen molar-refractivity contribution < 1.29 is 13.2 Å². The van der Waals surface area contributed by atoms with E-state index >= 15 is 0 Å². The van der Waals surface area contributed by atoms with Gasteiger partial charge in [0.15, 0.2) is 0 Å². The van der Waals surface area contributed by atoms with Crippen molar-refractivity contribution in [1.29, 1.82) is 5.26 Å². The molecular weight excluding hydrogens is 195 g/mol. The Hall–Kier alpha value is -1.77. The second-order valence-corrected chi connectivity index (χ2v) is 2.53. The van der Waals surface area contributed by atoms with Crippen molar-refractivity contribution >= 4 is 5.69 Å². The van der Waals surface area contributed by atoms with Gasteiger partial charge in [-0.05, 0) is 0 Å². The van der Waals surface area contributed by atoms with E-state index in [1.54, 1.807) is 6.07 Å². The molecule has 3 nitrogen and oxygen atoms in total. The summed E-state index contributed by atoms with van der Waals surface area (Å²) < 4.78 is 37.7. The first-order valence-electron chi connectivity index (χ1n) is 3.65. The Morgan fingerprint density at radius 3 is 2.71 bits per heavy atom. The minimum absolute atomic E-state index is 0.299. The molecule has 1 aromatic rings. The SMILES string of the molecule is N#CCc1c(F)ncc(N)c1C(F)F. The van der Waals surface area contributed by atoms with Gasteiger partial charge in [-0.15, -0.1) is 0 Å². The summed E-state index contributed by atoms with van der Waals surface area (Å²) in [7, 11) is 0. The second kappa shape index (κ2) is 3.96. The molecule has 2 N–H and O–H groups in total. The summed E-state index contributed by atoms with van der Waals surface area (Å²) in [5.41, 5.74) is 3.84. The van der Waals surface area contributed by atoms with Crippen molar-refractivity contribution in [1.82, 2.24) is 4.98 Å². The lowest BCUT2D eigenvalue weighted by Gasteiger charge is -2.08. The molecule has 0 atom stereocenters. The Morgan fingerprint density at radius 2 is 2.21 bits per heavy atom. The normalized spacial score (nSPS) is 10.2. The molecule has 0 bridgehead atoms. The van der Waals surface area contributed by atoms with Gasteiger partial charge in [0.25, 0.3) is 6.43 Å². The monoisotopic (exact) mass is 201 g/mol. The predicted molar refractivity (Wildman–Crippen MR) is 42.9 cm³/mol. The summed E-state index contributed by atoms with van der Waals surface area (Å²) in [4.78, 5) is 3.16. The Bertz CT molecular complexity index is 384. The fourth-order valence-corrected chi connectivity index (χ4v) is 1.06. The summed E-state index contributed by atoms with van der Waals surface area (Å²) >= 11 is 0. The smallest absolute Gasteiger partial charge is 0.266 e. The van der Waals surface area contributed by atoms with Crippen molar-refractivity contribution in [3.63, 3.8) is 0 Å². The molecular formula is C8H6F3N3. The van der Waals surface area contributed by atoms with Gasteiger partial charge >= 0.3 is 0 Å². The van der Waals surface area contributed by atoms with Crippen molar-refractivity contribution in [2.45, 2.75) is 12.8 Å². The highest BCUT2D eigenvalue weighted by Crippen LogP contribution is 2.29. The number of nitrogen functional groups attached to an aromatic ring is 1. The maximum atomic E-state index is 12.9. The largest absolute Gasteiger partial charge is 0.397 e. The van der Waals surface area contributed by atoms with Gasteiger partial charge in [0.05, 0.1) is 29.9 Å². The van der Waals surface area contributed by atoms with E-state index in [-0.39, 0.29) is 5.69 Å². The summed E-state index contributed by atoms with van der Waals surface area (Å²) in [6.07, 6.45) is -2.56. The van der Waals surface area contributed by atoms with Crippen LogP contribution in [0.1, 0.15) is 17.6 Å². The van der Waals surface area contributed by atoms with E-state index in [0.717, 1.165) is 6.20 Å². The summed E-state index contributed by atoms with van der Waals surface area (Å²) in [5, 5.41) is 8.31. The third kappa shape index (κ3) is 1.76. The summed E-state index contributed by atoms with van der Waals surface area (Å²) in [6, 6.07) is 1.58. The van der Waals surface area contributed by atoms with Gasteiger partial charge in [0.2, 0.25) is 5.95 Å². The van der Waals surface area contributed by atoms with E-state index in [0.29, 0.717) is 0 Å². The standard InChI is InChI=1S/C8H6F3N3/c9-7(10)6-4(1-2-12)8(11)14-3-5(6)13/h3,7H,1,13H2. The first-order valence-corrected chi connectivity index (χ1v) is 3.65. The zero-order valence-electron chi connectivity index (χ0n) is 6.97. The van der Waals surface area contributed by atoms with Gasteiger partial charge in [-0.2, -0.15) is 9.65 Å². The van der Waals surface area contributed by atoms with Crippen LogP contribution in [0, 0.1) is 17.3 Å². The molecule has 1 aromatic heterocycles. The topological polar surface area (TPSA) is 62.7 Å². The highest BCUT2D eigenvalue weighted by Gasteiger charge is 2.20. The molecule has 0 aliphatic rings. The Labute approximate surface area is 78.0 Å². The van der Waals surface area contributed by atoms with E-state index < -0.39 is 29.9 Å². The van der Waals surface area contributed by atoms with Crippen LogP contribution in [0.4, 0.5) is 18.9 Å². The van der Waals surface area contributed by atoms with Crippen molar-refractivity contribution in [3.05, 3.63) is 23.3 Å². The molecule has 0 saturated heterocycles. The number of nitrogens with two attached hydrogens (primary N) is 1. The highest BCUT2D eigenvalue weighted by atomic mass is 19.3. The van der Waals surface area contributed by atoms with Crippen molar-refractivity contribution in [2.24, 2.45) is 0 Å². The highest BCUT2D eigenvalue weighted by molar-refractivity contribution is 5.50. The molecule has 14 heavy (non-hydrogen) atoms. The predicted octanol–water partition coefficient (Wildman–Crippen LogP) is 1.81. The molecule has 0 aromatic carbocycles. The minimum atomic E-state index is -2.91. The number of nitriles is 1. The molecule has 1 rings (SSSR count). The van der Waals surface area contributed by atoms with Crippen LogP contribution < -0.4 is 5.73 Å². The number of pyridine rings is 1. The van der Waals surface area contributed by atoms with E-state index in [1.807, 2.05) is 0 Å². The van der Waals surface area contributed by atoms with Crippen LogP contribution >= 0.6 is 0 Å². The van der Waals surface area contributed by atoms with Gasteiger partial charge in [-0.25, -0.2) is 13.8 Å². The van der Waals surface area contributed by atoms with Gasteiger partial charge < -0.3 is 5.73 Å². The molecule has 0 radical (unpaired) electrons. The molecule has 0 aliphatic heterocycles. The first-order chi connectivity index (χ1) is 6.57. The summed E-state index contributed by atoms with van der Waals surface area (Å²) in [6.45, 7) is 0. The van der Waals surface area contributed by atoms with Crippen LogP contribution in [0.15, 0.2) is 6.20 Å². The zero-order valence-corrected chi connectivity index (χ0v) is 6.97. The number of rotatable bonds is 2. The van der Waals surface area contributed by atoms with Crippen LogP contribution in [-0.2, 0) is 6.42 Å². The molecule has 74 valence electrons. The van der Waals surface area contributed by atoms with E-state index in [9.17, 15) is 13.2 Å². The third-order valence-electron chi connectivity index (χ3n) is 1.68. The van der Waals surface area contributed by atoms with Gasteiger partial charge in [0.1, 0.15) is 0 Å². The van der Waals surface area contributed by atoms with Crippen molar-refractivity contribution in [3.8, 4) is 6.07 Å². The lowest BCUT2D eigenvalue weighted by atomic mass is 10.1. The van der Waals surface area contributed by atoms with Gasteiger partial charge in [-0.3, -0.25) is 0 Å². The lowest BCUT2D eigenvalue weighted by molar-refractivity contribution is 0.150. The average Bonchev–Trinajstić information content (AvgIpc) is 2.11. The van der Waals surface area contributed by atoms with Gasteiger partial charge in [0, 0.05) is 5.56 Å². The Balaban J connectivity index is 3.35. The Kier molecular flexibility index (Phi) is 2.92. The second-order valence-electron chi connectivity index (χ2n) is 2.53. The number of nitrogens with zero attached hydrogens (tertiary/aromatic N) is 2. The quantitative estimate of drug-likeness (QED) is 0.742. The molecule has 6 heteroatoms. The third-order valence-corrected chi connectivity index (χ3v) is 1.68. The first kappa shape index (κ1) is 10.3. The molecule has 0 amide bonds. The van der Waals surface area contributed by atoms with E-state index in [2.05, 4.69) is 4.98 Å². The fourth-order valence-electron chi connectivity index (χ4n) is 1.06. The zero-order chi connectivity index (χ0) is 10.7. The number of alkyl halides is 2. The molecule has 0 aliphatic carbocycles. The van der Waals surface area contributed by atoms with Crippen LogP contribution in [0.2, 0.25) is 0 Å². The van der Waals surface area contributed by atoms with E-state index in [1.165, 1.54) is 0 Å². The number of aromatic nitrogens is 1. The Morgan fingerprint density at radius 1 is 1.57 bits per heavy atom. The summed E-state index contributed by atoms with van der Waals surface area (Å²) in [5.74, 6) is -1.07. The number of anilines is 1. The van der Waals surface area contributed by atoms with Crippen LogP contribution in [0.3, 0.4) is 0 Å².